The minimum absolute atomic E-state index is 0.0661. The summed E-state index contributed by atoms with van der Waals surface area (Å²) in [6.07, 6.45) is -0.0661. The molecule has 0 saturated heterocycles. The van der Waals surface area contributed by atoms with Crippen LogP contribution in [0.2, 0.25) is 0 Å². The van der Waals surface area contributed by atoms with Crippen LogP contribution < -0.4 is 5.32 Å². The number of benzene rings is 2. The summed E-state index contributed by atoms with van der Waals surface area (Å²) in [5.74, 6) is -0.156. The lowest BCUT2D eigenvalue weighted by atomic mass is 9.95. The number of carbonyl (C=O) groups excluding carboxylic acids is 2. The fraction of sp³-hybridized carbons (Fsp3) is 0.263. The molecule has 26 heavy (non-hydrogen) atoms. The highest BCUT2D eigenvalue weighted by Gasteiger charge is 2.23. The monoisotopic (exact) mass is 372 g/mol. The maximum absolute atomic E-state index is 12.4. The third-order valence-electron chi connectivity index (χ3n) is 3.56. The smallest absolute Gasteiger partial charge is 0.273 e. The van der Waals surface area contributed by atoms with Gasteiger partial charge in [0.05, 0.1) is 10.6 Å². The van der Waals surface area contributed by atoms with Crippen LogP contribution in [0.25, 0.3) is 0 Å². The minimum atomic E-state index is -0.563. The molecule has 2 aromatic rings. The van der Waals surface area contributed by atoms with Crippen molar-refractivity contribution in [3.63, 3.8) is 0 Å². The van der Waals surface area contributed by atoms with Crippen molar-refractivity contribution in [2.75, 3.05) is 5.32 Å². The van der Waals surface area contributed by atoms with Crippen LogP contribution in [0.5, 0.6) is 0 Å². The number of para-hydroxylation sites is 2. The third kappa shape index (κ3) is 5.16. The number of nitrogens with zero attached hydrogens (tertiary/aromatic N) is 1. The number of nitrogens with one attached hydrogen (secondary N) is 1. The molecule has 0 bridgehead atoms. The SMILES string of the molecule is CC(C)(C)C(=O)Nc1ccccc1SC(=O)Cc1ccccc1[N+](=O)[O-]. The van der Waals surface area contributed by atoms with Gasteiger partial charge in [-0.25, -0.2) is 0 Å². The van der Waals surface area contributed by atoms with Crippen LogP contribution in [-0.4, -0.2) is 15.9 Å². The van der Waals surface area contributed by atoms with Gasteiger partial charge in [0.1, 0.15) is 0 Å². The zero-order chi connectivity index (χ0) is 19.3. The number of anilines is 1. The Bertz CT molecular complexity index is 843. The summed E-state index contributed by atoms with van der Waals surface area (Å²) in [5.41, 5.74) is 0.280. The standard InChI is InChI=1S/C19H20N2O4S/c1-19(2,3)18(23)20-14-9-5-7-11-16(14)26-17(22)12-13-8-4-6-10-15(13)21(24)25/h4-11H,12H2,1-3H3,(H,20,23). The normalized spacial score (nSPS) is 11.0. The maximum Gasteiger partial charge on any atom is 0.273 e. The average molecular weight is 372 g/mol. The molecule has 0 heterocycles. The molecular weight excluding hydrogens is 352 g/mol. The second-order valence-electron chi connectivity index (χ2n) is 6.74. The zero-order valence-corrected chi connectivity index (χ0v) is 15.6. The molecule has 0 unspecified atom stereocenters. The van der Waals surface area contributed by atoms with E-state index in [1.165, 1.54) is 6.07 Å². The first-order chi connectivity index (χ1) is 12.2. The summed E-state index contributed by atoms with van der Waals surface area (Å²) < 4.78 is 0. The Balaban J connectivity index is 2.16. The molecule has 1 N–H and O–H groups in total. The van der Waals surface area contributed by atoms with Crippen LogP contribution in [0.15, 0.2) is 53.4 Å². The van der Waals surface area contributed by atoms with E-state index in [2.05, 4.69) is 5.32 Å². The summed E-state index contributed by atoms with van der Waals surface area (Å²) in [4.78, 5) is 35.8. The second-order valence-corrected chi connectivity index (χ2v) is 7.84. The summed E-state index contributed by atoms with van der Waals surface area (Å²) in [5, 5.41) is 13.7. The van der Waals surface area contributed by atoms with Gasteiger partial charge >= 0.3 is 0 Å². The first-order valence-corrected chi connectivity index (χ1v) is 8.83. The zero-order valence-electron chi connectivity index (χ0n) is 14.8. The fourth-order valence-corrected chi connectivity index (χ4v) is 2.97. The first kappa shape index (κ1) is 19.7. The molecule has 0 radical (unpaired) electrons. The number of hydrogen-bond acceptors (Lipinski definition) is 5. The Kier molecular flexibility index (Phi) is 6.15. The van der Waals surface area contributed by atoms with Gasteiger partial charge in [0, 0.05) is 28.4 Å². The number of amides is 1. The van der Waals surface area contributed by atoms with Gasteiger partial charge in [-0.3, -0.25) is 19.7 Å². The molecule has 0 saturated carbocycles. The van der Waals surface area contributed by atoms with E-state index < -0.39 is 10.3 Å². The van der Waals surface area contributed by atoms with E-state index in [0.717, 1.165) is 11.8 Å². The first-order valence-electron chi connectivity index (χ1n) is 8.02. The highest BCUT2D eigenvalue weighted by molar-refractivity contribution is 8.13. The number of carbonyl (C=O) groups is 2. The number of nitro groups is 1. The van der Waals surface area contributed by atoms with E-state index in [9.17, 15) is 19.7 Å². The van der Waals surface area contributed by atoms with Crippen molar-refractivity contribution in [3.8, 4) is 0 Å². The van der Waals surface area contributed by atoms with Crippen LogP contribution in [0.4, 0.5) is 11.4 Å². The molecule has 6 nitrogen and oxygen atoms in total. The molecule has 136 valence electrons. The molecule has 0 spiro atoms. The van der Waals surface area contributed by atoms with Gasteiger partial charge in [-0.2, -0.15) is 0 Å². The van der Waals surface area contributed by atoms with E-state index in [0.29, 0.717) is 16.1 Å². The van der Waals surface area contributed by atoms with E-state index >= 15 is 0 Å². The van der Waals surface area contributed by atoms with Crippen LogP contribution in [0, 0.1) is 15.5 Å². The largest absolute Gasteiger partial charge is 0.325 e. The predicted octanol–water partition coefficient (Wildman–Crippen LogP) is 4.44. The lowest BCUT2D eigenvalue weighted by molar-refractivity contribution is -0.385. The van der Waals surface area contributed by atoms with Crippen molar-refractivity contribution in [2.24, 2.45) is 5.41 Å². The van der Waals surface area contributed by atoms with Crippen molar-refractivity contribution < 1.29 is 14.5 Å². The molecule has 2 aromatic carbocycles. The van der Waals surface area contributed by atoms with Gasteiger partial charge in [0.2, 0.25) is 5.91 Å². The molecule has 0 aliphatic heterocycles. The number of rotatable bonds is 5. The Labute approximate surface area is 156 Å². The topological polar surface area (TPSA) is 89.3 Å². The van der Waals surface area contributed by atoms with Gasteiger partial charge in [0.15, 0.2) is 5.12 Å². The van der Waals surface area contributed by atoms with Crippen molar-refractivity contribution in [2.45, 2.75) is 32.1 Å². The number of hydrogen-bond donors (Lipinski definition) is 1. The minimum Gasteiger partial charge on any atom is -0.325 e. The molecule has 2 rings (SSSR count). The molecule has 1 amide bonds. The van der Waals surface area contributed by atoms with Crippen molar-refractivity contribution in [1.82, 2.24) is 0 Å². The molecule has 7 heteroatoms. The van der Waals surface area contributed by atoms with Crippen molar-refractivity contribution in [3.05, 3.63) is 64.2 Å². The second kappa shape index (κ2) is 8.14. The van der Waals surface area contributed by atoms with Crippen LogP contribution in [0.3, 0.4) is 0 Å². The molecular formula is C19H20N2O4S. The van der Waals surface area contributed by atoms with Crippen LogP contribution >= 0.6 is 11.8 Å². The molecule has 0 aliphatic carbocycles. The average Bonchev–Trinajstić information content (AvgIpc) is 2.56. The van der Waals surface area contributed by atoms with Crippen molar-refractivity contribution >= 4 is 34.2 Å². The fourth-order valence-electron chi connectivity index (χ4n) is 2.12. The van der Waals surface area contributed by atoms with Crippen molar-refractivity contribution in [1.29, 1.82) is 0 Å². The third-order valence-corrected chi connectivity index (χ3v) is 4.51. The van der Waals surface area contributed by atoms with Crippen LogP contribution in [0.1, 0.15) is 26.3 Å². The number of nitro benzene ring substituents is 1. The lowest BCUT2D eigenvalue weighted by Crippen LogP contribution is -2.27. The van der Waals surface area contributed by atoms with E-state index in [-0.39, 0.29) is 23.1 Å². The van der Waals surface area contributed by atoms with Gasteiger partial charge in [0.25, 0.3) is 5.69 Å². The van der Waals surface area contributed by atoms with E-state index in [1.807, 2.05) is 0 Å². The van der Waals surface area contributed by atoms with Gasteiger partial charge < -0.3 is 5.32 Å². The molecule has 0 fully saturated rings. The van der Waals surface area contributed by atoms with E-state index in [4.69, 9.17) is 0 Å². The highest BCUT2D eigenvalue weighted by Crippen LogP contribution is 2.31. The summed E-state index contributed by atoms with van der Waals surface area (Å²) in [6, 6.07) is 13.2. The maximum atomic E-state index is 12.4. The summed E-state index contributed by atoms with van der Waals surface area (Å²) in [7, 11) is 0. The highest BCUT2D eigenvalue weighted by atomic mass is 32.2. The van der Waals surface area contributed by atoms with E-state index in [1.54, 1.807) is 63.2 Å². The summed E-state index contributed by atoms with van der Waals surface area (Å²) >= 11 is 0.962. The Morgan fingerprint density at radius 1 is 1.08 bits per heavy atom. The predicted molar refractivity (Wildman–Crippen MR) is 102 cm³/mol. The Morgan fingerprint density at radius 2 is 1.69 bits per heavy atom. The molecule has 0 aromatic heterocycles. The lowest BCUT2D eigenvalue weighted by Gasteiger charge is -2.19. The van der Waals surface area contributed by atoms with Gasteiger partial charge in [-0.1, -0.05) is 51.1 Å². The van der Waals surface area contributed by atoms with Crippen LogP contribution in [-0.2, 0) is 16.0 Å². The Hall–Kier alpha value is -2.67. The summed E-state index contributed by atoms with van der Waals surface area (Å²) in [6.45, 7) is 5.41. The Morgan fingerprint density at radius 3 is 2.35 bits per heavy atom. The molecule has 0 aliphatic rings. The molecule has 0 atom stereocenters. The quantitative estimate of drug-likeness (QED) is 0.476. The van der Waals surface area contributed by atoms with Gasteiger partial charge in [-0.15, -0.1) is 0 Å². The van der Waals surface area contributed by atoms with Gasteiger partial charge in [-0.05, 0) is 23.9 Å². The number of thioether (sulfide) groups is 1.